The summed E-state index contributed by atoms with van der Waals surface area (Å²) < 4.78 is 0. The third-order valence-electron chi connectivity index (χ3n) is 0.665. The van der Waals surface area contributed by atoms with Crippen LogP contribution in [-0.2, 0) is 0 Å². The molecule has 1 nitrogen and oxygen atoms in total. The van der Waals surface area contributed by atoms with Crippen LogP contribution in [0.2, 0.25) is 0 Å². The molecule has 0 saturated carbocycles. The maximum Gasteiger partial charge on any atom is 0.0566 e. The topological polar surface area (TPSA) is 20.2 Å². The summed E-state index contributed by atoms with van der Waals surface area (Å²) in [5.74, 6) is 7.23. The molecule has 0 rings (SSSR count). The molecule has 0 aliphatic heterocycles. The van der Waals surface area contributed by atoms with Crippen LogP contribution in [0.3, 0.4) is 0 Å². The van der Waals surface area contributed by atoms with Crippen molar-refractivity contribution < 1.29 is 5.11 Å². The summed E-state index contributed by atoms with van der Waals surface area (Å²) in [6, 6.07) is 0. The lowest BCUT2D eigenvalue weighted by Gasteiger charge is -1.90. The van der Waals surface area contributed by atoms with Gasteiger partial charge in [0.2, 0.25) is 0 Å². The van der Waals surface area contributed by atoms with Crippen LogP contribution in [0.25, 0.3) is 0 Å². The van der Waals surface area contributed by atoms with Crippen molar-refractivity contribution in [1.29, 1.82) is 0 Å². The number of hydrogen-bond donors (Lipinski definition) is 1. The van der Waals surface area contributed by atoms with Crippen molar-refractivity contribution in [2.45, 2.75) is 6.92 Å². The lowest BCUT2D eigenvalue weighted by molar-refractivity contribution is 0.266. The SMILES string of the molecule is C#CC#CC(C)CO. The van der Waals surface area contributed by atoms with Gasteiger partial charge in [-0.15, -0.1) is 6.42 Å². The highest BCUT2D eigenvalue weighted by atomic mass is 16.3. The second kappa shape index (κ2) is 4.24. The Hall–Kier alpha value is -0.920. The predicted octanol–water partition coefficient (Wildman–Crippen LogP) is 0.251. The Kier molecular flexibility index (Phi) is 3.76. The fourth-order valence-corrected chi connectivity index (χ4v) is 0.211. The van der Waals surface area contributed by atoms with E-state index in [1.165, 1.54) is 0 Å². The molecule has 0 fully saturated rings. The van der Waals surface area contributed by atoms with Gasteiger partial charge in [0.25, 0.3) is 0 Å². The predicted molar refractivity (Wildman–Crippen MR) is 32.9 cm³/mol. The largest absolute Gasteiger partial charge is 0.395 e. The molecule has 0 bridgehead atoms. The van der Waals surface area contributed by atoms with Gasteiger partial charge in [-0.2, -0.15) is 0 Å². The number of hydrogen-bond acceptors (Lipinski definition) is 1. The fraction of sp³-hybridized carbons (Fsp3) is 0.429. The number of rotatable bonds is 1. The zero-order chi connectivity index (χ0) is 6.41. The Bertz CT molecular complexity index is 142. The van der Waals surface area contributed by atoms with Crippen molar-refractivity contribution in [3.63, 3.8) is 0 Å². The maximum atomic E-state index is 8.39. The van der Waals surface area contributed by atoms with E-state index < -0.39 is 0 Å². The van der Waals surface area contributed by atoms with E-state index in [-0.39, 0.29) is 12.5 Å². The molecule has 0 heterocycles. The van der Waals surface area contributed by atoms with Gasteiger partial charge in [0.15, 0.2) is 0 Å². The van der Waals surface area contributed by atoms with Crippen LogP contribution < -0.4 is 0 Å². The van der Waals surface area contributed by atoms with Gasteiger partial charge in [-0.05, 0) is 18.8 Å². The molecular weight excluding hydrogens is 100 g/mol. The van der Waals surface area contributed by atoms with Crippen LogP contribution in [0.1, 0.15) is 6.92 Å². The first-order chi connectivity index (χ1) is 3.81. The van der Waals surface area contributed by atoms with Crippen molar-refractivity contribution in [2.75, 3.05) is 6.61 Å². The lowest BCUT2D eigenvalue weighted by atomic mass is 10.2. The van der Waals surface area contributed by atoms with Crippen molar-refractivity contribution in [1.82, 2.24) is 0 Å². The van der Waals surface area contributed by atoms with Crippen LogP contribution in [0.5, 0.6) is 0 Å². The van der Waals surface area contributed by atoms with E-state index in [4.69, 9.17) is 11.5 Å². The first-order valence-corrected chi connectivity index (χ1v) is 2.38. The molecule has 1 atom stereocenters. The van der Waals surface area contributed by atoms with Crippen molar-refractivity contribution >= 4 is 0 Å². The van der Waals surface area contributed by atoms with Crippen LogP contribution in [-0.4, -0.2) is 11.7 Å². The van der Waals surface area contributed by atoms with Crippen LogP contribution in [0.4, 0.5) is 0 Å². The van der Waals surface area contributed by atoms with E-state index in [2.05, 4.69) is 17.8 Å². The Morgan fingerprint density at radius 2 is 2.38 bits per heavy atom. The highest BCUT2D eigenvalue weighted by molar-refractivity contribution is 5.22. The van der Waals surface area contributed by atoms with Gasteiger partial charge in [-0.25, -0.2) is 0 Å². The lowest BCUT2D eigenvalue weighted by Crippen LogP contribution is -1.94. The highest BCUT2D eigenvalue weighted by Gasteiger charge is 1.88. The van der Waals surface area contributed by atoms with E-state index >= 15 is 0 Å². The number of aliphatic hydroxyl groups excluding tert-OH is 1. The van der Waals surface area contributed by atoms with Gasteiger partial charge in [0.1, 0.15) is 0 Å². The van der Waals surface area contributed by atoms with E-state index in [0.717, 1.165) is 0 Å². The smallest absolute Gasteiger partial charge is 0.0566 e. The first kappa shape index (κ1) is 7.08. The Morgan fingerprint density at radius 1 is 1.75 bits per heavy atom. The monoisotopic (exact) mass is 108 g/mol. The van der Waals surface area contributed by atoms with Crippen molar-refractivity contribution in [3.8, 4) is 24.2 Å². The molecule has 1 N–H and O–H groups in total. The third-order valence-corrected chi connectivity index (χ3v) is 0.665. The summed E-state index contributed by atoms with van der Waals surface area (Å²) >= 11 is 0. The molecule has 8 heavy (non-hydrogen) atoms. The van der Waals surface area contributed by atoms with Crippen LogP contribution >= 0.6 is 0 Å². The normalized spacial score (nSPS) is 10.6. The molecule has 0 radical (unpaired) electrons. The quantitative estimate of drug-likeness (QED) is 0.477. The van der Waals surface area contributed by atoms with Crippen molar-refractivity contribution in [3.05, 3.63) is 0 Å². The van der Waals surface area contributed by atoms with Gasteiger partial charge in [0.05, 0.1) is 6.61 Å². The summed E-state index contributed by atoms with van der Waals surface area (Å²) in [4.78, 5) is 0. The van der Waals surface area contributed by atoms with Crippen LogP contribution in [0.15, 0.2) is 0 Å². The van der Waals surface area contributed by atoms with Gasteiger partial charge >= 0.3 is 0 Å². The molecule has 0 aliphatic rings. The number of terminal acetylenes is 1. The van der Waals surface area contributed by atoms with E-state index in [1.54, 1.807) is 0 Å². The Morgan fingerprint density at radius 3 is 2.75 bits per heavy atom. The van der Waals surface area contributed by atoms with E-state index in [9.17, 15) is 0 Å². The minimum absolute atomic E-state index is 0.00560. The standard InChI is InChI=1S/C7H8O/c1-3-4-5-7(2)6-8/h1,7-8H,6H2,2H3. The summed E-state index contributed by atoms with van der Waals surface area (Å²) in [7, 11) is 0. The van der Waals surface area contributed by atoms with E-state index in [0.29, 0.717) is 0 Å². The Labute approximate surface area is 49.7 Å². The second-order valence-electron chi connectivity index (χ2n) is 1.50. The Balaban J connectivity index is 3.55. The molecule has 0 aromatic heterocycles. The molecular formula is C7H8O. The van der Waals surface area contributed by atoms with Gasteiger partial charge < -0.3 is 5.11 Å². The van der Waals surface area contributed by atoms with Gasteiger partial charge in [-0.3, -0.25) is 0 Å². The summed E-state index contributed by atoms with van der Waals surface area (Å²) in [5.41, 5.74) is 0. The minimum atomic E-state index is 0.00560. The molecule has 1 unspecified atom stereocenters. The summed E-state index contributed by atoms with van der Waals surface area (Å²) in [6.07, 6.45) is 4.83. The highest BCUT2D eigenvalue weighted by Crippen LogP contribution is 1.85. The average molecular weight is 108 g/mol. The second-order valence-corrected chi connectivity index (χ2v) is 1.50. The molecule has 0 aromatic rings. The minimum Gasteiger partial charge on any atom is -0.395 e. The molecule has 0 saturated heterocycles. The van der Waals surface area contributed by atoms with E-state index in [1.807, 2.05) is 6.92 Å². The third kappa shape index (κ3) is 3.28. The molecule has 42 valence electrons. The molecule has 0 amide bonds. The molecule has 0 aromatic carbocycles. The zero-order valence-corrected chi connectivity index (χ0v) is 4.81. The summed E-state index contributed by atoms with van der Waals surface area (Å²) in [6.45, 7) is 1.89. The molecule has 1 heteroatoms. The first-order valence-electron chi connectivity index (χ1n) is 2.38. The van der Waals surface area contributed by atoms with Crippen LogP contribution in [0, 0.1) is 30.1 Å². The number of aliphatic hydroxyl groups is 1. The zero-order valence-electron chi connectivity index (χ0n) is 4.81. The summed E-state index contributed by atoms with van der Waals surface area (Å²) in [5, 5.41) is 8.39. The molecule has 0 aliphatic carbocycles. The molecule has 0 spiro atoms. The van der Waals surface area contributed by atoms with Gasteiger partial charge in [0, 0.05) is 5.92 Å². The van der Waals surface area contributed by atoms with Crippen molar-refractivity contribution in [2.24, 2.45) is 5.92 Å². The van der Waals surface area contributed by atoms with Gasteiger partial charge in [-0.1, -0.05) is 5.92 Å². The maximum absolute atomic E-state index is 8.39. The fourth-order valence-electron chi connectivity index (χ4n) is 0.211. The average Bonchev–Trinajstić information content (AvgIpc) is 1.83.